The minimum absolute atomic E-state index is 0.207. The topological polar surface area (TPSA) is 40.5 Å². The van der Waals surface area contributed by atoms with Crippen LogP contribution in [0.4, 0.5) is 0 Å². The fourth-order valence-electron chi connectivity index (χ4n) is 3.23. The lowest BCUT2D eigenvalue weighted by atomic mass is 9.85. The summed E-state index contributed by atoms with van der Waals surface area (Å²) in [6, 6.07) is 7.83. The number of aromatic hydroxyl groups is 2. The highest BCUT2D eigenvalue weighted by atomic mass is 16.3. The van der Waals surface area contributed by atoms with Crippen molar-refractivity contribution in [2.24, 2.45) is 0 Å². The molecule has 2 aromatic rings. The quantitative estimate of drug-likeness (QED) is 0.803. The molecule has 108 valence electrons. The monoisotopic (exact) mass is 280 g/mol. The third-order valence-corrected chi connectivity index (χ3v) is 4.45. The Balaban J connectivity index is 2.20. The van der Waals surface area contributed by atoms with Crippen LogP contribution in [0.2, 0.25) is 0 Å². The van der Waals surface area contributed by atoms with E-state index in [9.17, 15) is 10.2 Å². The summed E-state index contributed by atoms with van der Waals surface area (Å²) in [4.78, 5) is 0. The molecule has 21 heavy (non-hydrogen) atoms. The van der Waals surface area contributed by atoms with E-state index in [1.54, 1.807) is 0 Å². The van der Waals surface area contributed by atoms with Gasteiger partial charge in [0.05, 0.1) is 0 Å². The van der Waals surface area contributed by atoms with Crippen LogP contribution in [-0.2, 0) is 0 Å². The molecule has 0 radical (unpaired) electrons. The van der Waals surface area contributed by atoms with Crippen LogP contribution < -0.4 is 0 Å². The number of benzene rings is 2. The van der Waals surface area contributed by atoms with Gasteiger partial charge in [-0.1, -0.05) is 23.8 Å². The molecule has 1 unspecified atom stereocenters. The SMILES string of the molecule is CC1=Cc2cc(O)c(C)cc2C1c1cc(C)c(O)cc1C. The Morgan fingerprint density at radius 3 is 1.95 bits per heavy atom. The number of aryl methyl sites for hydroxylation is 3. The Kier molecular flexibility index (Phi) is 3.05. The summed E-state index contributed by atoms with van der Waals surface area (Å²) in [6.07, 6.45) is 2.14. The van der Waals surface area contributed by atoms with Gasteiger partial charge in [0.2, 0.25) is 0 Å². The van der Waals surface area contributed by atoms with Crippen LogP contribution in [0.25, 0.3) is 6.08 Å². The summed E-state index contributed by atoms with van der Waals surface area (Å²) in [5.41, 5.74) is 7.70. The van der Waals surface area contributed by atoms with E-state index in [0.717, 1.165) is 22.3 Å². The maximum atomic E-state index is 9.90. The summed E-state index contributed by atoms with van der Waals surface area (Å²) in [6.45, 7) is 8.01. The van der Waals surface area contributed by atoms with Crippen molar-refractivity contribution in [1.82, 2.24) is 0 Å². The van der Waals surface area contributed by atoms with E-state index >= 15 is 0 Å². The van der Waals surface area contributed by atoms with Crippen molar-refractivity contribution < 1.29 is 10.2 Å². The minimum Gasteiger partial charge on any atom is -0.508 e. The van der Waals surface area contributed by atoms with Crippen molar-refractivity contribution in [3.63, 3.8) is 0 Å². The molecule has 2 heteroatoms. The smallest absolute Gasteiger partial charge is 0.119 e. The first-order valence-corrected chi connectivity index (χ1v) is 7.20. The molecular formula is C19H20O2. The number of fused-ring (bicyclic) bond motifs is 1. The zero-order valence-electron chi connectivity index (χ0n) is 12.9. The number of phenols is 2. The van der Waals surface area contributed by atoms with Crippen LogP contribution in [0, 0.1) is 20.8 Å². The van der Waals surface area contributed by atoms with Crippen LogP contribution >= 0.6 is 0 Å². The molecule has 0 saturated heterocycles. The van der Waals surface area contributed by atoms with E-state index in [2.05, 4.69) is 25.1 Å². The Hall–Kier alpha value is -2.22. The third-order valence-electron chi connectivity index (χ3n) is 4.45. The second kappa shape index (κ2) is 4.66. The first-order chi connectivity index (χ1) is 9.88. The maximum absolute atomic E-state index is 9.90. The number of rotatable bonds is 1. The molecular weight excluding hydrogens is 260 g/mol. The van der Waals surface area contributed by atoms with Crippen molar-refractivity contribution in [2.75, 3.05) is 0 Å². The van der Waals surface area contributed by atoms with Gasteiger partial charge < -0.3 is 10.2 Å². The zero-order chi connectivity index (χ0) is 15.3. The predicted octanol–water partition coefficient (Wildman–Crippen LogP) is 4.57. The number of hydrogen-bond acceptors (Lipinski definition) is 2. The van der Waals surface area contributed by atoms with E-state index in [1.807, 2.05) is 32.9 Å². The van der Waals surface area contributed by atoms with Gasteiger partial charge in [0.25, 0.3) is 0 Å². The lowest BCUT2D eigenvalue weighted by Gasteiger charge is -2.19. The highest BCUT2D eigenvalue weighted by molar-refractivity contribution is 5.71. The standard InChI is InChI=1S/C19H20O2/c1-10-8-17(20)11(2)6-15(10)19-13(4)5-14-9-18(21)12(3)7-16(14)19/h5-9,19-21H,1-4H3. The molecule has 2 nitrogen and oxygen atoms in total. The van der Waals surface area contributed by atoms with Gasteiger partial charge in [0.1, 0.15) is 11.5 Å². The van der Waals surface area contributed by atoms with Crippen molar-refractivity contribution in [1.29, 1.82) is 0 Å². The van der Waals surface area contributed by atoms with E-state index in [0.29, 0.717) is 11.5 Å². The second-order valence-corrected chi connectivity index (χ2v) is 6.08. The van der Waals surface area contributed by atoms with Crippen molar-refractivity contribution in [3.8, 4) is 11.5 Å². The average Bonchev–Trinajstić information content (AvgIpc) is 2.70. The van der Waals surface area contributed by atoms with E-state index in [-0.39, 0.29) is 5.92 Å². The summed E-state index contributed by atoms with van der Waals surface area (Å²) < 4.78 is 0. The lowest BCUT2D eigenvalue weighted by Crippen LogP contribution is -2.03. The van der Waals surface area contributed by atoms with Gasteiger partial charge in [-0.05, 0) is 73.2 Å². The lowest BCUT2D eigenvalue weighted by molar-refractivity contribution is 0.470. The van der Waals surface area contributed by atoms with Gasteiger partial charge in [-0.3, -0.25) is 0 Å². The van der Waals surface area contributed by atoms with Gasteiger partial charge in [0.15, 0.2) is 0 Å². The Labute approximate surface area is 125 Å². The zero-order valence-corrected chi connectivity index (χ0v) is 12.9. The Morgan fingerprint density at radius 1 is 0.714 bits per heavy atom. The highest BCUT2D eigenvalue weighted by Crippen LogP contribution is 2.44. The molecule has 0 amide bonds. The molecule has 1 aliphatic rings. The normalized spacial score (nSPS) is 16.8. The van der Waals surface area contributed by atoms with Crippen LogP contribution in [-0.4, -0.2) is 10.2 Å². The van der Waals surface area contributed by atoms with Crippen LogP contribution in [0.5, 0.6) is 11.5 Å². The molecule has 0 saturated carbocycles. The van der Waals surface area contributed by atoms with E-state index in [1.165, 1.54) is 16.7 Å². The fourth-order valence-corrected chi connectivity index (χ4v) is 3.23. The van der Waals surface area contributed by atoms with E-state index < -0.39 is 0 Å². The fraction of sp³-hybridized carbons (Fsp3) is 0.263. The first-order valence-electron chi connectivity index (χ1n) is 7.20. The minimum atomic E-state index is 0.207. The highest BCUT2D eigenvalue weighted by Gasteiger charge is 2.26. The summed E-state index contributed by atoms with van der Waals surface area (Å²) >= 11 is 0. The van der Waals surface area contributed by atoms with Gasteiger partial charge in [-0.15, -0.1) is 0 Å². The summed E-state index contributed by atoms with van der Waals surface area (Å²) in [7, 11) is 0. The molecule has 0 aromatic heterocycles. The predicted molar refractivity (Wildman–Crippen MR) is 85.9 cm³/mol. The summed E-state index contributed by atoms with van der Waals surface area (Å²) in [5.74, 6) is 0.897. The molecule has 0 aliphatic heterocycles. The van der Waals surface area contributed by atoms with Gasteiger partial charge >= 0.3 is 0 Å². The number of allylic oxidation sites excluding steroid dienone is 1. The van der Waals surface area contributed by atoms with Crippen LogP contribution in [0.1, 0.15) is 46.2 Å². The molecule has 0 bridgehead atoms. The van der Waals surface area contributed by atoms with Crippen LogP contribution in [0.3, 0.4) is 0 Å². The molecule has 1 atom stereocenters. The maximum Gasteiger partial charge on any atom is 0.119 e. The number of phenolic OH excluding ortho intramolecular Hbond substituents is 2. The van der Waals surface area contributed by atoms with Crippen molar-refractivity contribution in [2.45, 2.75) is 33.6 Å². The summed E-state index contributed by atoms with van der Waals surface area (Å²) in [5, 5.41) is 19.8. The Morgan fingerprint density at radius 2 is 1.29 bits per heavy atom. The molecule has 3 rings (SSSR count). The molecule has 2 N–H and O–H groups in total. The largest absolute Gasteiger partial charge is 0.508 e. The van der Waals surface area contributed by atoms with Crippen molar-refractivity contribution >= 4 is 6.08 Å². The van der Waals surface area contributed by atoms with Crippen LogP contribution in [0.15, 0.2) is 29.8 Å². The number of hydrogen-bond donors (Lipinski definition) is 2. The third kappa shape index (κ3) is 2.11. The molecule has 0 heterocycles. The Bertz CT molecular complexity index is 770. The second-order valence-electron chi connectivity index (χ2n) is 6.08. The van der Waals surface area contributed by atoms with Crippen molar-refractivity contribution in [3.05, 3.63) is 63.2 Å². The first kappa shape index (κ1) is 13.7. The molecule has 0 spiro atoms. The average molecular weight is 280 g/mol. The van der Waals surface area contributed by atoms with Gasteiger partial charge in [-0.2, -0.15) is 0 Å². The van der Waals surface area contributed by atoms with E-state index in [4.69, 9.17) is 0 Å². The van der Waals surface area contributed by atoms with Gasteiger partial charge in [0, 0.05) is 5.92 Å². The molecule has 2 aromatic carbocycles. The molecule has 0 fully saturated rings. The van der Waals surface area contributed by atoms with Gasteiger partial charge in [-0.25, -0.2) is 0 Å². The molecule has 1 aliphatic carbocycles.